The average molecular weight is 212 g/mol. The van der Waals surface area contributed by atoms with E-state index in [1.54, 1.807) is 0 Å². The second kappa shape index (κ2) is 4.84. The highest BCUT2D eigenvalue weighted by Gasteiger charge is 2.43. The van der Waals surface area contributed by atoms with Gasteiger partial charge in [-0.1, -0.05) is 19.8 Å². The highest BCUT2D eigenvalue weighted by atomic mass is 16.7. The van der Waals surface area contributed by atoms with Crippen LogP contribution in [-0.2, 0) is 9.47 Å². The van der Waals surface area contributed by atoms with Gasteiger partial charge in [-0.3, -0.25) is 0 Å². The van der Waals surface area contributed by atoms with E-state index in [1.165, 1.54) is 38.5 Å². The molecular weight excluding hydrogens is 188 g/mol. The molecule has 88 valence electrons. The van der Waals surface area contributed by atoms with Gasteiger partial charge in [0, 0.05) is 12.8 Å². The molecule has 2 fully saturated rings. The Balaban J connectivity index is 1.86. The second-order valence-electron chi connectivity index (χ2n) is 5.15. The molecule has 2 saturated heterocycles. The molecule has 0 radical (unpaired) electrons. The highest BCUT2D eigenvalue weighted by Crippen LogP contribution is 2.41. The lowest BCUT2D eigenvalue weighted by molar-refractivity contribution is -0.269. The lowest BCUT2D eigenvalue weighted by Gasteiger charge is -2.38. The minimum atomic E-state index is -0.184. The lowest BCUT2D eigenvalue weighted by Crippen LogP contribution is -2.40. The number of hydrogen-bond acceptors (Lipinski definition) is 2. The predicted octanol–water partition coefficient (Wildman–Crippen LogP) is 3.64. The molecule has 2 rings (SSSR count). The molecule has 2 heteroatoms. The van der Waals surface area contributed by atoms with Crippen LogP contribution in [-0.4, -0.2) is 18.0 Å². The van der Waals surface area contributed by atoms with E-state index in [9.17, 15) is 0 Å². The molecule has 15 heavy (non-hydrogen) atoms. The summed E-state index contributed by atoms with van der Waals surface area (Å²) in [7, 11) is 0. The fourth-order valence-electron chi connectivity index (χ4n) is 2.83. The fraction of sp³-hybridized carbons (Fsp3) is 1.00. The van der Waals surface area contributed by atoms with Crippen LogP contribution in [0.2, 0.25) is 0 Å². The Morgan fingerprint density at radius 1 is 1.20 bits per heavy atom. The first-order chi connectivity index (χ1) is 7.24. The summed E-state index contributed by atoms with van der Waals surface area (Å²) in [6.07, 6.45) is 10.5. The van der Waals surface area contributed by atoms with E-state index in [4.69, 9.17) is 9.47 Å². The average Bonchev–Trinajstić information content (AvgIpc) is 2.57. The molecule has 2 aliphatic heterocycles. The summed E-state index contributed by atoms with van der Waals surface area (Å²) in [6.45, 7) is 4.40. The maximum atomic E-state index is 6.19. The molecule has 0 amide bonds. The molecule has 2 nitrogen and oxygen atoms in total. The summed E-state index contributed by atoms with van der Waals surface area (Å²) in [4.78, 5) is 0. The highest BCUT2D eigenvalue weighted by molar-refractivity contribution is 4.84. The maximum absolute atomic E-state index is 6.19. The Labute approximate surface area is 93.3 Å². The summed E-state index contributed by atoms with van der Waals surface area (Å²) in [6, 6.07) is 0. The number of hydrogen-bond donors (Lipinski definition) is 0. The van der Waals surface area contributed by atoms with Crippen LogP contribution < -0.4 is 0 Å². The van der Waals surface area contributed by atoms with Crippen molar-refractivity contribution in [2.45, 2.75) is 83.2 Å². The molecule has 0 N–H and O–H groups in total. The quantitative estimate of drug-likeness (QED) is 0.711. The topological polar surface area (TPSA) is 18.5 Å². The Morgan fingerprint density at radius 3 is 2.73 bits per heavy atom. The van der Waals surface area contributed by atoms with Gasteiger partial charge in [-0.15, -0.1) is 0 Å². The Bertz CT molecular complexity index is 201. The fourth-order valence-corrected chi connectivity index (χ4v) is 2.83. The van der Waals surface area contributed by atoms with Gasteiger partial charge in [0.15, 0.2) is 5.79 Å². The van der Waals surface area contributed by atoms with Gasteiger partial charge in [0.2, 0.25) is 0 Å². The van der Waals surface area contributed by atoms with Crippen LogP contribution in [0, 0.1) is 0 Å². The van der Waals surface area contributed by atoms with Gasteiger partial charge in [0.1, 0.15) is 0 Å². The molecule has 0 aromatic heterocycles. The molecule has 0 saturated carbocycles. The first-order valence-corrected chi connectivity index (χ1v) is 6.60. The van der Waals surface area contributed by atoms with E-state index in [2.05, 4.69) is 13.8 Å². The van der Waals surface area contributed by atoms with Crippen molar-refractivity contribution in [3.05, 3.63) is 0 Å². The van der Waals surface area contributed by atoms with Gasteiger partial charge in [-0.2, -0.15) is 0 Å². The van der Waals surface area contributed by atoms with Gasteiger partial charge >= 0.3 is 0 Å². The van der Waals surface area contributed by atoms with Gasteiger partial charge in [-0.05, 0) is 32.6 Å². The molecule has 0 aromatic carbocycles. The Kier molecular flexibility index (Phi) is 3.68. The zero-order chi connectivity index (χ0) is 10.7. The predicted molar refractivity (Wildman–Crippen MR) is 60.8 cm³/mol. The molecule has 0 aliphatic carbocycles. The molecule has 3 atom stereocenters. The summed E-state index contributed by atoms with van der Waals surface area (Å²) < 4.78 is 12.2. The maximum Gasteiger partial charge on any atom is 0.169 e. The van der Waals surface area contributed by atoms with Crippen molar-refractivity contribution in [3.8, 4) is 0 Å². The van der Waals surface area contributed by atoms with E-state index in [0.717, 1.165) is 12.8 Å². The van der Waals surface area contributed by atoms with E-state index in [1.807, 2.05) is 0 Å². The SMILES string of the molecule is CCCCC1CCCC2(CCC(C)O2)O1. The molecule has 3 unspecified atom stereocenters. The summed E-state index contributed by atoms with van der Waals surface area (Å²) >= 11 is 0. The van der Waals surface area contributed by atoms with Crippen molar-refractivity contribution in [3.63, 3.8) is 0 Å². The van der Waals surface area contributed by atoms with Crippen LogP contribution in [0.5, 0.6) is 0 Å². The van der Waals surface area contributed by atoms with Crippen molar-refractivity contribution in [1.29, 1.82) is 0 Å². The molecule has 0 aromatic rings. The van der Waals surface area contributed by atoms with E-state index in [0.29, 0.717) is 12.2 Å². The summed E-state index contributed by atoms with van der Waals surface area (Å²) in [5.74, 6) is -0.184. The van der Waals surface area contributed by atoms with Gasteiger partial charge < -0.3 is 9.47 Å². The van der Waals surface area contributed by atoms with Crippen LogP contribution in [0.3, 0.4) is 0 Å². The molecule has 2 heterocycles. The monoisotopic (exact) mass is 212 g/mol. The third-order valence-electron chi connectivity index (χ3n) is 3.69. The van der Waals surface area contributed by atoms with E-state index >= 15 is 0 Å². The van der Waals surface area contributed by atoms with Crippen molar-refractivity contribution in [1.82, 2.24) is 0 Å². The number of ether oxygens (including phenoxy) is 2. The standard InChI is InChI=1S/C13H24O2/c1-3-4-6-12-7-5-9-13(15-12)10-8-11(2)14-13/h11-12H,3-10H2,1-2H3. The molecular formula is C13H24O2. The Hall–Kier alpha value is -0.0800. The minimum absolute atomic E-state index is 0.184. The van der Waals surface area contributed by atoms with Crippen molar-refractivity contribution in [2.75, 3.05) is 0 Å². The zero-order valence-electron chi connectivity index (χ0n) is 10.1. The third-order valence-corrected chi connectivity index (χ3v) is 3.69. The van der Waals surface area contributed by atoms with Crippen molar-refractivity contribution in [2.24, 2.45) is 0 Å². The number of rotatable bonds is 3. The van der Waals surface area contributed by atoms with Gasteiger partial charge in [-0.25, -0.2) is 0 Å². The smallest absolute Gasteiger partial charge is 0.169 e. The normalized spacial score (nSPS) is 41.2. The van der Waals surface area contributed by atoms with Crippen LogP contribution in [0.15, 0.2) is 0 Å². The lowest BCUT2D eigenvalue weighted by atomic mass is 9.96. The Morgan fingerprint density at radius 2 is 2.07 bits per heavy atom. The van der Waals surface area contributed by atoms with E-state index in [-0.39, 0.29) is 5.79 Å². The molecule has 0 bridgehead atoms. The van der Waals surface area contributed by atoms with Crippen LogP contribution in [0.4, 0.5) is 0 Å². The van der Waals surface area contributed by atoms with Crippen molar-refractivity contribution >= 4 is 0 Å². The molecule has 1 spiro atoms. The first kappa shape index (κ1) is 11.4. The summed E-state index contributed by atoms with van der Waals surface area (Å²) in [5.41, 5.74) is 0. The van der Waals surface area contributed by atoms with Gasteiger partial charge in [0.05, 0.1) is 12.2 Å². The second-order valence-corrected chi connectivity index (χ2v) is 5.15. The van der Waals surface area contributed by atoms with Crippen molar-refractivity contribution < 1.29 is 9.47 Å². The van der Waals surface area contributed by atoms with Gasteiger partial charge in [0.25, 0.3) is 0 Å². The van der Waals surface area contributed by atoms with E-state index < -0.39 is 0 Å². The summed E-state index contributed by atoms with van der Waals surface area (Å²) in [5, 5.41) is 0. The van der Waals surface area contributed by atoms with Crippen LogP contribution in [0.25, 0.3) is 0 Å². The van der Waals surface area contributed by atoms with Crippen LogP contribution in [0.1, 0.15) is 65.2 Å². The van der Waals surface area contributed by atoms with Crippen LogP contribution >= 0.6 is 0 Å². The third kappa shape index (κ3) is 2.73. The zero-order valence-corrected chi connectivity index (χ0v) is 10.1. The first-order valence-electron chi connectivity index (χ1n) is 6.60. The molecule has 2 aliphatic rings. The number of unbranched alkanes of at least 4 members (excludes halogenated alkanes) is 1. The minimum Gasteiger partial charge on any atom is -0.347 e. The largest absolute Gasteiger partial charge is 0.347 e.